The van der Waals surface area contributed by atoms with Crippen LogP contribution < -0.4 is 11.5 Å². The normalized spacial score (nSPS) is 11.6. The Morgan fingerprint density at radius 3 is 2.62 bits per heavy atom. The molecule has 0 aliphatic rings. The molecule has 5 N–H and O–H groups in total. The van der Waals surface area contributed by atoms with Crippen molar-refractivity contribution in [2.24, 2.45) is 16.5 Å². The third-order valence-corrected chi connectivity index (χ3v) is 4.21. The van der Waals surface area contributed by atoms with Crippen LogP contribution in [-0.4, -0.2) is 21.6 Å². The van der Waals surface area contributed by atoms with E-state index in [1.54, 1.807) is 0 Å². The first-order chi connectivity index (χ1) is 11.5. The third-order valence-electron chi connectivity index (χ3n) is 3.28. The van der Waals surface area contributed by atoms with Gasteiger partial charge in [0.05, 0.1) is 15.1 Å². The molecule has 1 heterocycles. The molecule has 9 heteroatoms. The first kappa shape index (κ1) is 15.6. The molecule has 0 amide bonds. The number of nitrogen functional groups attached to an aromatic ring is 1. The number of aliphatic imine (C=N–C) groups is 1. The number of nitro benzene ring substituents is 1. The van der Waals surface area contributed by atoms with Crippen LogP contribution in [0.1, 0.15) is 11.1 Å². The van der Waals surface area contributed by atoms with Crippen molar-refractivity contribution in [2.45, 2.75) is 0 Å². The largest absolute Gasteiger partial charge is 0.384 e. The van der Waals surface area contributed by atoms with Crippen LogP contribution in [0, 0.1) is 15.5 Å². The number of nitrogens with zero attached hydrogens (tertiary/aromatic N) is 3. The standard InChI is InChI=1S/C15H12N6O2S/c16-13(17)8-4-3-6-10(21(22)23)12(8)14(18)20-15-19-9-5-1-2-7-11(9)24-15/h1-7H,(H3,16,17)(H2,18,19,20). The summed E-state index contributed by atoms with van der Waals surface area (Å²) in [5.74, 6) is -0.428. The van der Waals surface area contributed by atoms with Gasteiger partial charge < -0.3 is 11.5 Å². The first-order valence-corrected chi connectivity index (χ1v) is 7.61. The van der Waals surface area contributed by atoms with E-state index in [-0.39, 0.29) is 28.5 Å². The van der Waals surface area contributed by atoms with Crippen LogP contribution >= 0.6 is 11.3 Å². The number of benzene rings is 2. The van der Waals surface area contributed by atoms with E-state index in [0.29, 0.717) is 5.13 Å². The number of fused-ring (bicyclic) bond motifs is 1. The fraction of sp³-hybridized carbons (Fsp3) is 0. The molecular formula is C15H12N6O2S. The summed E-state index contributed by atoms with van der Waals surface area (Å²) in [7, 11) is 0. The summed E-state index contributed by atoms with van der Waals surface area (Å²) >= 11 is 1.32. The van der Waals surface area contributed by atoms with Crippen molar-refractivity contribution in [3.05, 3.63) is 63.7 Å². The average Bonchev–Trinajstić information content (AvgIpc) is 2.95. The molecule has 0 fully saturated rings. The van der Waals surface area contributed by atoms with Crippen LogP contribution in [-0.2, 0) is 0 Å². The van der Waals surface area contributed by atoms with Gasteiger partial charge in [-0.15, -0.1) is 0 Å². The van der Waals surface area contributed by atoms with Crippen molar-refractivity contribution in [2.75, 3.05) is 0 Å². The zero-order valence-corrected chi connectivity index (χ0v) is 13.1. The Balaban J connectivity index is 2.16. The molecule has 24 heavy (non-hydrogen) atoms. The van der Waals surface area contributed by atoms with E-state index < -0.39 is 4.92 Å². The van der Waals surface area contributed by atoms with Crippen molar-refractivity contribution in [1.82, 2.24) is 4.98 Å². The maximum absolute atomic E-state index is 11.3. The first-order valence-electron chi connectivity index (χ1n) is 6.79. The molecule has 3 aromatic rings. The second kappa shape index (κ2) is 6.05. The van der Waals surface area contributed by atoms with Crippen molar-refractivity contribution in [3.63, 3.8) is 0 Å². The van der Waals surface area contributed by atoms with Gasteiger partial charge in [0.1, 0.15) is 17.2 Å². The summed E-state index contributed by atoms with van der Waals surface area (Å²) in [6, 6.07) is 11.7. The number of nitrogens with one attached hydrogen (secondary N) is 1. The predicted molar refractivity (Wildman–Crippen MR) is 94.1 cm³/mol. The smallest absolute Gasteiger partial charge is 0.281 e. The zero-order valence-electron chi connectivity index (χ0n) is 12.3. The van der Waals surface area contributed by atoms with Gasteiger partial charge in [0.2, 0.25) is 5.13 Å². The summed E-state index contributed by atoms with van der Waals surface area (Å²) in [5, 5.41) is 19.2. The molecule has 8 nitrogen and oxygen atoms in total. The molecule has 0 atom stereocenters. The molecule has 0 aliphatic carbocycles. The number of amidine groups is 2. The van der Waals surface area contributed by atoms with Crippen LogP contribution in [0.2, 0.25) is 0 Å². The third kappa shape index (κ3) is 2.79. The Labute approximate surface area is 140 Å². The van der Waals surface area contributed by atoms with Gasteiger partial charge >= 0.3 is 0 Å². The number of nitrogens with two attached hydrogens (primary N) is 2. The Bertz CT molecular complexity index is 929. The van der Waals surface area contributed by atoms with Crippen molar-refractivity contribution in [3.8, 4) is 0 Å². The lowest BCUT2D eigenvalue weighted by Gasteiger charge is -2.07. The van der Waals surface area contributed by atoms with Crippen LogP contribution in [0.25, 0.3) is 10.2 Å². The molecule has 0 spiro atoms. The second-order valence-electron chi connectivity index (χ2n) is 4.83. The van der Waals surface area contributed by atoms with E-state index in [9.17, 15) is 10.1 Å². The van der Waals surface area contributed by atoms with Crippen molar-refractivity contribution < 1.29 is 4.92 Å². The van der Waals surface area contributed by atoms with E-state index in [4.69, 9.17) is 16.9 Å². The van der Waals surface area contributed by atoms with Crippen LogP contribution in [0.4, 0.5) is 10.8 Å². The van der Waals surface area contributed by atoms with Gasteiger partial charge in [-0.05, 0) is 12.1 Å². The lowest BCUT2D eigenvalue weighted by molar-refractivity contribution is -0.385. The number of thiazole rings is 1. The van der Waals surface area contributed by atoms with Gasteiger partial charge in [0.25, 0.3) is 5.69 Å². The number of hydrogen-bond acceptors (Lipinski definition) is 6. The van der Waals surface area contributed by atoms with E-state index in [2.05, 4.69) is 9.98 Å². The lowest BCUT2D eigenvalue weighted by Crippen LogP contribution is -2.22. The number of para-hydroxylation sites is 1. The average molecular weight is 340 g/mol. The van der Waals surface area contributed by atoms with Gasteiger partial charge in [0, 0.05) is 11.6 Å². The highest BCUT2D eigenvalue weighted by Gasteiger charge is 2.22. The van der Waals surface area contributed by atoms with E-state index in [0.717, 1.165) is 10.2 Å². The van der Waals surface area contributed by atoms with Gasteiger partial charge in [-0.1, -0.05) is 35.6 Å². The predicted octanol–water partition coefficient (Wildman–Crippen LogP) is 2.53. The van der Waals surface area contributed by atoms with Gasteiger partial charge in [-0.2, -0.15) is 0 Å². The molecule has 0 saturated carbocycles. The highest BCUT2D eigenvalue weighted by molar-refractivity contribution is 7.22. The summed E-state index contributed by atoms with van der Waals surface area (Å²) in [4.78, 5) is 19.2. The van der Waals surface area contributed by atoms with Crippen LogP contribution in [0.3, 0.4) is 0 Å². The molecule has 0 aliphatic heterocycles. The highest BCUT2D eigenvalue weighted by atomic mass is 32.1. The summed E-state index contributed by atoms with van der Waals surface area (Å²) in [6.07, 6.45) is 0. The minimum Gasteiger partial charge on any atom is -0.384 e. The highest BCUT2D eigenvalue weighted by Crippen LogP contribution is 2.29. The minimum atomic E-state index is -0.581. The molecule has 3 rings (SSSR count). The van der Waals surface area contributed by atoms with E-state index >= 15 is 0 Å². The molecule has 0 unspecified atom stereocenters. The fourth-order valence-electron chi connectivity index (χ4n) is 2.25. The fourth-order valence-corrected chi connectivity index (χ4v) is 3.10. The number of nitro groups is 1. The van der Waals surface area contributed by atoms with Gasteiger partial charge in [0.15, 0.2) is 0 Å². The SMILES string of the molecule is N=C(N)c1cccc([N+](=O)[O-])c1/C(N)=N/c1nc2ccccc2s1. The maximum Gasteiger partial charge on any atom is 0.281 e. The van der Waals surface area contributed by atoms with E-state index in [1.807, 2.05) is 24.3 Å². The Kier molecular flexibility index (Phi) is 3.92. The van der Waals surface area contributed by atoms with Gasteiger partial charge in [-0.3, -0.25) is 15.5 Å². The molecule has 1 aromatic heterocycles. The minimum absolute atomic E-state index is 0.0225. The number of hydrogen-bond donors (Lipinski definition) is 3. The van der Waals surface area contributed by atoms with Crippen molar-refractivity contribution in [1.29, 1.82) is 5.41 Å². The quantitative estimate of drug-likeness (QED) is 0.289. The Morgan fingerprint density at radius 2 is 1.96 bits per heavy atom. The number of rotatable bonds is 4. The second-order valence-corrected chi connectivity index (χ2v) is 5.84. The monoisotopic (exact) mass is 340 g/mol. The van der Waals surface area contributed by atoms with Crippen molar-refractivity contribution >= 4 is 44.0 Å². The molecule has 0 bridgehead atoms. The number of aromatic nitrogens is 1. The Morgan fingerprint density at radius 1 is 1.21 bits per heavy atom. The molecule has 2 aromatic carbocycles. The van der Waals surface area contributed by atoms with Crippen LogP contribution in [0.5, 0.6) is 0 Å². The van der Waals surface area contributed by atoms with Crippen LogP contribution in [0.15, 0.2) is 47.5 Å². The summed E-state index contributed by atoms with van der Waals surface area (Å²) in [6.45, 7) is 0. The Hall–Kier alpha value is -3.33. The topological polar surface area (TPSA) is 144 Å². The van der Waals surface area contributed by atoms with E-state index in [1.165, 1.54) is 29.5 Å². The molecule has 0 saturated heterocycles. The molecular weight excluding hydrogens is 328 g/mol. The molecule has 0 radical (unpaired) electrons. The summed E-state index contributed by atoms with van der Waals surface area (Å²) in [5.41, 5.74) is 12.2. The van der Waals surface area contributed by atoms with Gasteiger partial charge in [-0.25, -0.2) is 9.98 Å². The zero-order chi connectivity index (χ0) is 17.3. The lowest BCUT2D eigenvalue weighted by atomic mass is 10.0. The molecule has 120 valence electrons. The summed E-state index contributed by atoms with van der Waals surface area (Å²) < 4.78 is 0.929. The maximum atomic E-state index is 11.3.